The minimum absolute atomic E-state index is 0.292. The average Bonchev–Trinajstić information content (AvgIpc) is 2.91. The summed E-state index contributed by atoms with van der Waals surface area (Å²) in [5, 5.41) is 11.2. The zero-order chi connectivity index (χ0) is 13.5. The van der Waals surface area contributed by atoms with Crippen molar-refractivity contribution in [3.63, 3.8) is 0 Å². The number of hydrogen-bond acceptors (Lipinski definition) is 5. The minimum Gasteiger partial charge on any atom is -0.484 e. The van der Waals surface area contributed by atoms with Crippen LogP contribution >= 0.6 is 0 Å². The summed E-state index contributed by atoms with van der Waals surface area (Å²) < 4.78 is 11.0. The first-order valence-electron chi connectivity index (χ1n) is 6.50. The Labute approximate surface area is 113 Å². The van der Waals surface area contributed by atoms with E-state index >= 15 is 0 Å². The van der Waals surface area contributed by atoms with E-state index in [0.29, 0.717) is 31.0 Å². The van der Waals surface area contributed by atoms with Gasteiger partial charge in [0.1, 0.15) is 5.75 Å². The second-order valence-electron chi connectivity index (χ2n) is 4.38. The maximum absolute atomic E-state index is 5.54. The van der Waals surface area contributed by atoms with Gasteiger partial charge in [-0.2, -0.15) is 0 Å². The molecular formula is C14H19N3O2. The largest absolute Gasteiger partial charge is 0.484 e. The molecule has 0 fully saturated rings. The third-order valence-corrected chi connectivity index (χ3v) is 2.83. The smallest absolute Gasteiger partial charge is 0.253 e. The van der Waals surface area contributed by atoms with Gasteiger partial charge in [0.15, 0.2) is 6.61 Å². The first kappa shape index (κ1) is 13.5. The van der Waals surface area contributed by atoms with Crippen LogP contribution in [0.2, 0.25) is 0 Å². The van der Waals surface area contributed by atoms with Crippen LogP contribution in [-0.4, -0.2) is 16.2 Å². The number of benzene rings is 1. The molecule has 0 aliphatic heterocycles. The summed E-state index contributed by atoms with van der Waals surface area (Å²) in [6, 6.07) is 10.0. The SMILES string of the molecule is CCC(C)NCc1nnc(COc2ccccc2)o1. The van der Waals surface area contributed by atoms with Gasteiger partial charge in [0, 0.05) is 6.04 Å². The quantitative estimate of drug-likeness (QED) is 0.830. The Morgan fingerprint density at radius 1 is 1.21 bits per heavy atom. The summed E-state index contributed by atoms with van der Waals surface area (Å²) in [7, 11) is 0. The van der Waals surface area contributed by atoms with Crippen LogP contribution in [0.15, 0.2) is 34.7 Å². The molecule has 5 nitrogen and oxygen atoms in total. The molecule has 1 heterocycles. The normalized spacial score (nSPS) is 12.3. The van der Waals surface area contributed by atoms with E-state index < -0.39 is 0 Å². The molecule has 1 aromatic carbocycles. The molecule has 2 aromatic rings. The molecule has 1 N–H and O–H groups in total. The Morgan fingerprint density at radius 3 is 2.68 bits per heavy atom. The zero-order valence-corrected chi connectivity index (χ0v) is 11.3. The van der Waals surface area contributed by atoms with Crippen molar-refractivity contribution in [1.82, 2.24) is 15.5 Å². The summed E-state index contributed by atoms with van der Waals surface area (Å²) in [6.07, 6.45) is 1.07. The lowest BCUT2D eigenvalue weighted by Gasteiger charge is -2.07. The number of nitrogens with zero attached hydrogens (tertiary/aromatic N) is 2. The van der Waals surface area contributed by atoms with Crippen LogP contribution in [0.3, 0.4) is 0 Å². The second kappa shape index (κ2) is 6.89. The lowest BCUT2D eigenvalue weighted by Crippen LogP contribution is -2.24. The van der Waals surface area contributed by atoms with Crippen LogP contribution in [0.25, 0.3) is 0 Å². The molecule has 2 rings (SSSR count). The molecule has 1 unspecified atom stereocenters. The van der Waals surface area contributed by atoms with E-state index in [-0.39, 0.29) is 0 Å². The van der Waals surface area contributed by atoms with Gasteiger partial charge in [0.05, 0.1) is 6.54 Å². The van der Waals surface area contributed by atoms with Gasteiger partial charge in [-0.3, -0.25) is 0 Å². The van der Waals surface area contributed by atoms with Gasteiger partial charge in [-0.1, -0.05) is 25.1 Å². The Kier molecular flexibility index (Phi) is 4.92. The van der Waals surface area contributed by atoms with Gasteiger partial charge in [-0.25, -0.2) is 0 Å². The Hall–Kier alpha value is -1.88. The summed E-state index contributed by atoms with van der Waals surface area (Å²) in [5.41, 5.74) is 0. The van der Waals surface area contributed by atoms with Gasteiger partial charge >= 0.3 is 0 Å². The molecule has 5 heteroatoms. The van der Waals surface area contributed by atoms with Crippen LogP contribution in [0.4, 0.5) is 0 Å². The highest BCUT2D eigenvalue weighted by atomic mass is 16.5. The highest BCUT2D eigenvalue weighted by Gasteiger charge is 2.07. The van der Waals surface area contributed by atoms with Crippen LogP contribution in [0.5, 0.6) is 5.75 Å². The molecule has 102 valence electrons. The predicted molar refractivity (Wildman–Crippen MR) is 71.7 cm³/mol. The van der Waals surface area contributed by atoms with E-state index in [4.69, 9.17) is 9.15 Å². The molecule has 1 atom stereocenters. The fourth-order valence-corrected chi connectivity index (χ4v) is 1.49. The van der Waals surface area contributed by atoms with Gasteiger partial charge in [0.25, 0.3) is 5.89 Å². The van der Waals surface area contributed by atoms with E-state index in [0.717, 1.165) is 12.2 Å². The third-order valence-electron chi connectivity index (χ3n) is 2.83. The predicted octanol–water partition coefficient (Wildman–Crippen LogP) is 2.54. The fraction of sp³-hybridized carbons (Fsp3) is 0.429. The van der Waals surface area contributed by atoms with Crippen molar-refractivity contribution in [2.75, 3.05) is 0 Å². The summed E-state index contributed by atoms with van der Waals surface area (Å²) in [5.74, 6) is 1.87. The molecule has 0 radical (unpaired) electrons. The minimum atomic E-state index is 0.292. The third kappa shape index (κ3) is 4.37. The molecular weight excluding hydrogens is 242 g/mol. The molecule has 0 aliphatic carbocycles. The maximum Gasteiger partial charge on any atom is 0.253 e. The highest BCUT2D eigenvalue weighted by Crippen LogP contribution is 2.11. The van der Waals surface area contributed by atoms with Crippen molar-refractivity contribution in [1.29, 1.82) is 0 Å². The standard InChI is InChI=1S/C14H19N3O2/c1-3-11(2)15-9-13-16-17-14(19-13)10-18-12-7-5-4-6-8-12/h4-8,11,15H,3,9-10H2,1-2H3. The summed E-state index contributed by atoms with van der Waals surface area (Å²) in [4.78, 5) is 0. The Balaban J connectivity index is 1.81. The fourth-order valence-electron chi connectivity index (χ4n) is 1.49. The Morgan fingerprint density at radius 2 is 1.95 bits per heavy atom. The molecule has 0 aliphatic rings. The van der Waals surface area contributed by atoms with Crippen LogP contribution in [0.1, 0.15) is 32.0 Å². The molecule has 0 spiro atoms. The van der Waals surface area contributed by atoms with Crippen molar-refractivity contribution >= 4 is 0 Å². The first-order chi connectivity index (χ1) is 9.28. The van der Waals surface area contributed by atoms with E-state index in [1.165, 1.54) is 0 Å². The van der Waals surface area contributed by atoms with Crippen molar-refractivity contribution < 1.29 is 9.15 Å². The molecule has 0 saturated carbocycles. The van der Waals surface area contributed by atoms with E-state index in [9.17, 15) is 0 Å². The maximum atomic E-state index is 5.54. The number of nitrogens with one attached hydrogen (secondary N) is 1. The molecule has 0 amide bonds. The lowest BCUT2D eigenvalue weighted by atomic mass is 10.3. The number of aromatic nitrogens is 2. The number of para-hydroxylation sites is 1. The topological polar surface area (TPSA) is 60.2 Å². The first-order valence-corrected chi connectivity index (χ1v) is 6.50. The molecule has 0 bridgehead atoms. The van der Waals surface area contributed by atoms with E-state index in [1.54, 1.807) is 0 Å². The lowest BCUT2D eigenvalue weighted by molar-refractivity contribution is 0.257. The van der Waals surface area contributed by atoms with Crippen molar-refractivity contribution in [2.45, 2.75) is 39.5 Å². The summed E-state index contributed by atoms with van der Waals surface area (Å²) in [6.45, 7) is 5.13. The van der Waals surface area contributed by atoms with Crippen molar-refractivity contribution in [2.24, 2.45) is 0 Å². The number of ether oxygens (including phenoxy) is 1. The number of rotatable bonds is 7. The molecule has 19 heavy (non-hydrogen) atoms. The van der Waals surface area contributed by atoms with Gasteiger partial charge in [-0.15, -0.1) is 10.2 Å². The van der Waals surface area contributed by atoms with Crippen molar-refractivity contribution in [3.8, 4) is 5.75 Å². The molecule has 0 saturated heterocycles. The van der Waals surface area contributed by atoms with Gasteiger partial charge < -0.3 is 14.5 Å². The van der Waals surface area contributed by atoms with Crippen LogP contribution in [0, 0.1) is 0 Å². The number of hydrogen-bond donors (Lipinski definition) is 1. The molecule has 1 aromatic heterocycles. The van der Waals surface area contributed by atoms with E-state index in [2.05, 4.69) is 29.4 Å². The van der Waals surface area contributed by atoms with E-state index in [1.807, 2.05) is 30.3 Å². The Bertz CT molecular complexity index is 484. The summed E-state index contributed by atoms with van der Waals surface area (Å²) >= 11 is 0. The van der Waals surface area contributed by atoms with Crippen LogP contribution in [-0.2, 0) is 13.2 Å². The monoisotopic (exact) mass is 261 g/mol. The van der Waals surface area contributed by atoms with Gasteiger partial charge in [-0.05, 0) is 25.5 Å². The van der Waals surface area contributed by atoms with Crippen molar-refractivity contribution in [3.05, 3.63) is 42.1 Å². The zero-order valence-electron chi connectivity index (χ0n) is 11.3. The van der Waals surface area contributed by atoms with Crippen LogP contribution < -0.4 is 10.1 Å². The second-order valence-corrected chi connectivity index (χ2v) is 4.38. The highest BCUT2D eigenvalue weighted by molar-refractivity contribution is 5.20. The van der Waals surface area contributed by atoms with Gasteiger partial charge in [0.2, 0.25) is 5.89 Å². The average molecular weight is 261 g/mol.